The van der Waals surface area contributed by atoms with Crippen LogP contribution in [-0.4, -0.2) is 62.1 Å². The lowest BCUT2D eigenvalue weighted by Gasteiger charge is -2.27. The molecule has 2 heterocycles. The summed E-state index contributed by atoms with van der Waals surface area (Å²) in [4.78, 5) is 17.9. The van der Waals surface area contributed by atoms with E-state index in [1.807, 2.05) is 25.1 Å². The second-order valence-corrected chi connectivity index (χ2v) is 11.9. The summed E-state index contributed by atoms with van der Waals surface area (Å²) in [7, 11) is -3.63. The lowest BCUT2D eigenvalue weighted by molar-refractivity contribution is -0.129. The Morgan fingerprint density at radius 3 is 2.55 bits per heavy atom. The predicted octanol–water partition coefficient (Wildman–Crippen LogP) is 3.57. The minimum absolute atomic E-state index is 0.0393. The zero-order chi connectivity index (χ0) is 27.0. The van der Waals surface area contributed by atoms with Gasteiger partial charge in [-0.25, -0.2) is 13.4 Å². The molecular weight excluding hydrogens is 508 g/mol. The zero-order valence-corrected chi connectivity index (χ0v) is 22.4. The van der Waals surface area contributed by atoms with Crippen LogP contribution in [0.15, 0.2) is 59.0 Å². The number of amides is 1. The number of nitrogens with one attached hydrogen (secondary N) is 1. The van der Waals surface area contributed by atoms with Gasteiger partial charge in [-0.15, -0.1) is 0 Å². The van der Waals surface area contributed by atoms with Crippen molar-refractivity contribution in [2.24, 2.45) is 5.92 Å². The topological polar surface area (TPSA) is 128 Å². The van der Waals surface area contributed by atoms with E-state index in [1.165, 1.54) is 0 Å². The number of nitrogens with zero attached hydrogens (tertiary/aromatic N) is 1. The molecule has 1 aliphatic heterocycles. The number of sulfone groups is 1. The molecular formula is C28H36N2O7S. The van der Waals surface area contributed by atoms with Crippen LogP contribution in [0.1, 0.15) is 50.2 Å². The van der Waals surface area contributed by atoms with Crippen molar-refractivity contribution in [3.8, 4) is 0 Å². The van der Waals surface area contributed by atoms with Crippen molar-refractivity contribution >= 4 is 26.8 Å². The van der Waals surface area contributed by atoms with Crippen LogP contribution in [0.2, 0.25) is 0 Å². The first kappa shape index (κ1) is 28.2. The maximum atomic E-state index is 13.5. The summed E-state index contributed by atoms with van der Waals surface area (Å²) in [6.07, 6.45) is 1.24. The molecule has 1 aliphatic rings. The van der Waals surface area contributed by atoms with E-state index in [4.69, 9.17) is 13.9 Å². The molecule has 10 heteroatoms. The normalized spacial score (nSPS) is 17.2. The highest BCUT2D eigenvalue weighted by Crippen LogP contribution is 2.25. The molecule has 0 bridgehead atoms. The Hall–Kier alpha value is -2.79. The summed E-state index contributed by atoms with van der Waals surface area (Å²) in [5.41, 5.74) is 1.81. The highest BCUT2D eigenvalue weighted by molar-refractivity contribution is 7.90. The Kier molecular flexibility index (Phi) is 9.90. The SMILES string of the molecule is CCC[C@H](NC(=O)C(COC1CCOCC1)CS(=O)(=O)Cc1ccccc1)C(O)c1nc2ccccc2o1. The van der Waals surface area contributed by atoms with Crippen LogP contribution in [0, 0.1) is 5.92 Å². The van der Waals surface area contributed by atoms with E-state index >= 15 is 0 Å². The Morgan fingerprint density at radius 2 is 1.84 bits per heavy atom. The molecule has 1 saturated heterocycles. The molecule has 3 aromatic rings. The first-order chi connectivity index (χ1) is 18.3. The summed E-state index contributed by atoms with van der Waals surface area (Å²) in [6.45, 7) is 3.04. The molecule has 1 aromatic heterocycles. The predicted molar refractivity (Wildman–Crippen MR) is 143 cm³/mol. The van der Waals surface area contributed by atoms with Gasteiger partial charge in [-0.2, -0.15) is 0 Å². The highest BCUT2D eigenvalue weighted by Gasteiger charge is 2.32. The Balaban J connectivity index is 1.49. The molecule has 9 nitrogen and oxygen atoms in total. The highest BCUT2D eigenvalue weighted by atomic mass is 32.2. The molecule has 2 aromatic carbocycles. The van der Waals surface area contributed by atoms with Gasteiger partial charge in [0.15, 0.2) is 21.5 Å². The van der Waals surface area contributed by atoms with Crippen molar-refractivity contribution in [2.75, 3.05) is 25.6 Å². The quantitative estimate of drug-likeness (QED) is 0.334. The van der Waals surface area contributed by atoms with E-state index < -0.39 is 33.8 Å². The molecule has 1 amide bonds. The van der Waals surface area contributed by atoms with Crippen LogP contribution in [0.5, 0.6) is 0 Å². The third-order valence-corrected chi connectivity index (χ3v) is 8.31. The monoisotopic (exact) mass is 544 g/mol. The van der Waals surface area contributed by atoms with E-state index in [1.54, 1.807) is 36.4 Å². The molecule has 4 rings (SSSR count). The minimum Gasteiger partial charge on any atom is -0.438 e. The second-order valence-electron chi connectivity index (χ2n) is 9.75. The number of rotatable bonds is 13. The number of hydrogen-bond acceptors (Lipinski definition) is 8. The summed E-state index contributed by atoms with van der Waals surface area (Å²) in [6, 6.07) is 15.4. The number of aromatic nitrogens is 1. The first-order valence-corrected chi connectivity index (χ1v) is 14.9. The molecule has 0 radical (unpaired) electrons. The van der Waals surface area contributed by atoms with Crippen LogP contribution in [0.4, 0.5) is 0 Å². The number of para-hydroxylation sites is 2. The largest absolute Gasteiger partial charge is 0.438 e. The molecule has 3 atom stereocenters. The summed E-state index contributed by atoms with van der Waals surface area (Å²) < 4.78 is 43.3. The van der Waals surface area contributed by atoms with Crippen molar-refractivity contribution in [1.82, 2.24) is 10.3 Å². The lowest BCUT2D eigenvalue weighted by atomic mass is 10.0. The van der Waals surface area contributed by atoms with E-state index in [0.29, 0.717) is 55.6 Å². The molecule has 38 heavy (non-hydrogen) atoms. The van der Waals surface area contributed by atoms with E-state index in [9.17, 15) is 18.3 Å². The Bertz CT molecular complexity index is 1240. The lowest BCUT2D eigenvalue weighted by Crippen LogP contribution is -2.46. The third kappa shape index (κ3) is 7.86. The maximum Gasteiger partial charge on any atom is 0.226 e. The number of aliphatic hydroxyl groups excluding tert-OH is 1. The number of aliphatic hydroxyl groups is 1. The number of oxazole rings is 1. The standard InChI is InChI=1S/C28H36N2O7S/c1-2-8-24(26(31)28-30-23-11-6-7-12-25(23)37-28)29-27(32)21(17-36-22-13-15-35-16-14-22)19-38(33,34)18-20-9-4-3-5-10-20/h3-7,9-12,21-22,24,26,31H,2,8,13-19H2,1H3,(H,29,32)/t21?,24-,26?/m0/s1. The van der Waals surface area contributed by atoms with Crippen molar-refractivity contribution < 1.29 is 32.2 Å². The van der Waals surface area contributed by atoms with Crippen molar-refractivity contribution in [1.29, 1.82) is 0 Å². The number of carbonyl (C=O) groups is 1. The van der Waals surface area contributed by atoms with Crippen LogP contribution >= 0.6 is 0 Å². The van der Waals surface area contributed by atoms with Gasteiger partial charge in [0.2, 0.25) is 11.8 Å². The van der Waals surface area contributed by atoms with Crippen LogP contribution in [-0.2, 0) is 29.9 Å². The van der Waals surface area contributed by atoms with Crippen molar-refractivity contribution in [2.45, 2.75) is 56.6 Å². The zero-order valence-electron chi connectivity index (χ0n) is 21.6. The van der Waals surface area contributed by atoms with Gasteiger partial charge in [-0.05, 0) is 37.0 Å². The molecule has 206 valence electrons. The average molecular weight is 545 g/mol. The van der Waals surface area contributed by atoms with Gasteiger partial charge in [-0.3, -0.25) is 4.79 Å². The number of carbonyl (C=O) groups excluding carboxylic acids is 1. The van der Waals surface area contributed by atoms with E-state index in [0.717, 1.165) is 0 Å². The molecule has 0 spiro atoms. The van der Waals surface area contributed by atoms with Crippen LogP contribution in [0.25, 0.3) is 11.1 Å². The van der Waals surface area contributed by atoms with Gasteiger partial charge < -0.3 is 24.3 Å². The van der Waals surface area contributed by atoms with Gasteiger partial charge in [0.05, 0.1) is 36.2 Å². The van der Waals surface area contributed by atoms with E-state index in [2.05, 4.69) is 10.3 Å². The maximum absolute atomic E-state index is 13.5. The van der Waals surface area contributed by atoms with Crippen molar-refractivity contribution in [3.63, 3.8) is 0 Å². The van der Waals surface area contributed by atoms with Crippen LogP contribution < -0.4 is 5.32 Å². The number of ether oxygens (including phenoxy) is 2. The second kappa shape index (κ2) is 13.3. The van der Waals surface area contributed by atoms with Gasteiger partial charge >= 0.3 is 0 Å². The first-order valence-electron chi connectivity index (χ1n) is 13.1. The average Bonchev–Trinajstić information content (AvgIpc) is 3.35. The van der Waals surface area contributed by atoms with Gasteiger partial charge in [-0.1, -0.05) is 55.8 Å². The molecule has 1 fully saturated rings. The Morgan fingerprint density at radius 1 is 1.13 bits per heavy atom. The number of benzene rings is 2. The van der Waals surface area contributed by atoms with E-state index in [-0.39, 0.29) is 30.1 Å². The van der Waals surface area contributed by atoms with Gasteiger partial charge in [0.1, 0.15) is 5.52 Å². The fourth-order valence-electron chi connectivity index (χ4n) is 4.60. The minimum atomic E-state index is -3.63. The van der Waals surface area contributed by atoms with Gasteiger partial charge in [0, 0.05) is 13.2 Å². The summed E-state index contributed by atoms with van der Waals surface area (Å²) in [5.74, 6) is -1.85. The fourth-order valence-corrected chi connectivity index (χ4v) is 6.28. The molecule has 2 N–H and O–H groups in total. The van der Waals surface area contributed by atoms with Crippen LogP contribution in [0.3, 0.4) is 0 Å². The summed E-state index contributed by atoms with van der Waals surface area (Å²) in [5, 5.41) is 13.9. The Labute approximate surface area is 223 Å². The third-order valence-electron chi connectivity index (χ3n) is 6.63. The number of hydrogen-bond donors (Lipinski definition) is 2. The number of fused-ring (bicyclic) bond motifs is 1. The summed E-state index contributed by atoms with van der Waals surface area (Å²) >= 11 is 0. The van der Waals surface area contributed by atoms with Crippen molar-refractivity contribution in [3.05, 3.63) is 66.1 Å². The smallest absolute Gasteiger partial charge is 0.226 e. The van der Waals surface area contributed by atoms with Gasteiger partial charge in [0.25, 0.3) is 0 Å². The fraction of sp³-hybridized carbons (Fsp3) is 0.500. The molecule has 2 unspecified atom stereocenters. The molecule has 0 aliphatic carbocycles. The molecule has 0 saturated carbocycles.